The van der Waals surface area contributed by atoms with E-state index in [1.807, 2.05) is 6.92 Å². The molecule has 2 aromatic carbocycles. The molecular formula is C20H21ClF3N3O4S. The highest BCUT2D eigenvalue weighted by Gasteiger charge is 2.33. The van der Waals surface area contributed by atoms with Crippen LogP contribution in [-0.4, -0.2) is 39.9 Å². The number of hydrogen-bond donors (Lipinski definition) is 1. The lowest BCUT2D eigenvalue weighted by molar-refractivity contribution is -0.137. The molecule has 0 aliphatic carbocycles. The zero-order chi connectivity index (χ0) is 23.9. The number of rotatable bonds is 9. The number of carbonyl (C=O) groups excluding carboxylic acids is 1. The van der Waals surface area contributed by atoms with Crippen LogP contribution in [0.5, 0.6) is 5.75 Å². The summed E-state index contributed by atoms with van der Waals surface area (Å²) in [6.07, 6.45) is -1.77. The second-order valence-corrected chi connectivity index (χ2v) is 8.96. The summed E-state index contributed by atoms with van der Waals surface area (Å²) in [5.41, 5.74) is 1.21. The third-order valence-electron chi connectivity index (χ3n) is 3.99. The Labute approximate surface area is 188 Å². The molecule has 0 aromatic heterocycles. The van der Waals surface area contributed by atoms with Crippen LogP contribution >= 0.6 is 11.6 Å². The molecule has 2 rings (SSSR count). The molecule has 0 saturated carbocycles. The van der Waals surface area contributed by atoms with Gasteiger partial charge in [-0.3, -0.25) is 9.10 Å². The number of hydrazone groups is 1. The Morgan fingerprint density at radius 1 is 1.22 bits per heavy atom. The minimum atomic E-state index is -4.72. The van der Waals surface area contributed by atoms with Gasteiger partial charge in [-0.05, 0) is 54.4 Å². The number of nitrogens with zero attached hydrogens (tertiary/aromatic N) is 2. The fraction of sp³-hybridized carbons (Fsp3) is 0.300. The van der Waals surface area contributed by atoms with E-state index in [2.05, 4.69) is 10.5 Å². The number of carbonyl (C=O) groups is 1. The fourth-order valence-electron chi connectivity index (χ4n) is 2.48. The average molecular weight is 492 g/mol. The predicted octanol–water partition coefficient (Wildman–Crippen LogP) is 4.06. The molecule has 0 atom stereocenters. The van der Waals surface area contributed by atoms with Crippen LogP contribution in [0.15, 0.2) is 47.6 Å². The Balaban J connectivity index is 2.12. The molecule has 0 fully saturated rings. The van der Waals surface area contributed by atoms with Crippen molar-refractivity contribution in [2.75, 3.05) is 23.7 Å². The van der Waals surface area contributed by atoms with Crippen molar-refractivity contribution in [1.29, 1.82) is 0 Å². The van der Waals surface area contributed by atoms with Crippen LogP contribution < -0.4 is 14.5 Å². The van der Waals surface area contributed by atoms with E-state index >= 15 is 0 Å². The van der Waals surface area contributed by atoms with E-state index < -0.39 is 39.9 Å². The van der Waals surface area contributed by atoms with E-state index in [-0.39, 0.29) is 5.02 Å². The van der Waals surface area contributed by atoms with E-state index in [4.69, 9.17) is 16.3 Å². The van der Waals surface area contributed by atoms with Crippen molar-refractivity contribution in [2.45, 2.75) is 19.5 Å². The lowest BCUT2D eigenvalue weighted by Gasteiger charge is -2.23. The van der Waals surface area contributed by atoms with Crippen molar-refractivity contribution < 1.29 is 31.1 Å². The lowest BCUT2D eigenvalue weighted by Crippen LogP contribution is -2.39. The summed E-state index contributed by atoms with van der Waals surface area (Å²) in [7, 11) is -4.13. The van der Waals surface area contributed by atoms with E-state index in [1.165, 1.54) is 6.21 Å². The highest BCUT2D eigenvalue weighted by molar-refractivity contribution is 7.92. The number of sulfonamides is 1. The highest BCUT2D eigenvalue weighted by atomic mass is 35.5. The second-order valence-electron chi connectivity index (χ2n) is 6.64. The molecule has 0 spiro atoms. The van der Waals surface area contributed by atoms with Crippen molar-refractivity contribution in [3.63, 3.8) is 0 Å². The van der Waals surface area contributed by atoms with Crippen LogP contribution in [0.25, 0.3) is 0 Å². The van der Waals surface area contributed by atoms with E-state index in [9.17, 15) is 26.4 Å². The normalized spacial score (nSPS) is 12.1. The minimum Gasteiger partial charge on any atom is -0.494 e. The van der Waals surface area contributed by atoms with Gasteiger partial charge in [0.15, 0.2) is 0 Å². The van der Waals surface area contributed by atoms with Gasteiger partial charge in [0.2, 0.25) is 10.0 Å². The molecule has 12 heteroatoms. The summed E-state index contributed by atoms with van der Waals surface area (Å²) in [5, 5.41) is 3.48. The first kappa shape index (κ1) is 25.5. The van der Waals surface area contributed by atoms with Crippen LogP contribution in [0.1, 0.15) is 24.5 Å². The summed E-state index contributed by atoms with van der Waals surface area (Å²) in [6, 6.07) is 9.05. The molecule has 0 aliphatic heterocycles. The standard InChI is InChI=1S/C20H21ClF3N3O4S/c1-3-10-31-16-7-4-14(5-8-16)12-25-26-19(28)13-27(32(2,29)30)18-11-15(20(22,23)24)6-9-17(18)21/h4-9,11-12H,3,10,13H2,1-2H3,(H,26,28)/b25-12-. The molecule has 0 radical (unpaired) electrons. The van der Waals surface area contributed by atoms with E-state index in [0.29, 0.717) is 28.3 Å². The van der Waals surface area contributed by atoms with Gasteiger partial charge in [-0.15, -0.1) is 0 Å². The van der Waals surface area contributed by atoms with Gasteiger partial charge in [0.1, 0.15) is 12.3 Å². The molecule has 0 bridgehead atoms. The summed E-state index contributed by atoms with van der Waals surface area (Å²) < 4.78 is 69.3. The summed E-state index contributed by atoms with van der Waals surface area (Å²) in [5.74, 6) is -0.196. The van der Waals surface area contributed by atoms with Gasteiger partial charge in [0.25, 0.3) is 5.91 Å². The summed E-state index contributed by atoms with van der Waals surface area (Å²) in [6.45, 7) is 1.74. The molecular weight excluding hydrogens is 471 g/mol. The largest absolute Gasteiger partial charge is 0.494 e. The zero-order valence-corrected chi connectivity index (χ0v) is 18.8. The van der Waals surface area contributed by atoms with Gasteiger partial charge in [-0.25, -0.2) is 13.8 Å². The molecule has 174 valence electrons. The van der Waals surface area contributed by atoms with Crippen molar-refractivity contribution in [1.82, 2.24) is 5.43 Å². The van der Waals surface area contributed by atoms with Crippen LogP contribution in [0.3, 0.4) is 0 Å². The van der Waals surface area contributed by atoms with Crippen LogP contribution in [0.2, 0.25) is 5.02 Å². The van der Waals surface area contributed by atoms with E-state index in [0.717, 1.165) is 24.8 Å². The maximum absolute atomic E-state index is 13.0. The predicted molar refractivity (Wildman–Crippen MR) is 117 cm³/mol. The smallest absolute Gasteiger partial charge is 0.416 e. The van der Waals surface area contributed by atoms with Crippen LogP contribution in [-0.2, 0) is 21.0 Å². The quantitative estimate of drug-likeness (QED) is 0.423. The highest BCUT2D eigenvalue weighted by Crippen LogP contribution is 2.36. The number of benzene rings is 2. The Kier molecular flexibility index (Phi) is 8.51. The molecule has 32 heavy (non-hydrogen) atoms. The number of anilines is 1. The minimum absolute atomic E-state index is 0.259. The van der Waals surface area contributed by atoms with Gasteiger partial charge >= 0.3 is 6.18 Å². The maximum atomic E-state index is 13.0. The molecule has 1 N–H and O–H groups in total. The molecule has 1 amide bonds. The van der Waals surface area contributed by atoms with Crippen molar-refractivity contribution in [3.8, 4) is 5.75 Å². The Hall–Kier alpha value is -2.79. The molecule has 2 aromatic rings. The first-order valence-corrected chi connectivity index (χ1v) is 11.5. The second kappa shape index (κ2) is 10.7. The van der Waals surface area contributed by atoms with Crippen molar-refractivity contribution in [2.24, 2.45) is 5.10 Å². The molecule has 0 unspecified atom stereocenters. The van der Waals surface area contributed by atoms with Crippen LogP contribution in [0, 0.1) is 0 Å². The van der Waals surface area contributed by atoms with Crippen molar-refractivity contribution >= 4 is 39.4 Å². The number of nitrogens with one attached hydrogen (secondary N) is 1. The Morgan fingerprint density at radius 3 is 2.44 bits per heavy atom. The van der Waals surface area contributed by atoms with Gasteiger partial charge in [0.05, 0.1) is 35.4 Å². The molecule has 0 saturated heterocycles. The molecule has 0 aliphatic rings. The maximum Gasteiger partial charge on any atom is 0.416 e. The van der Waals surface area contributed by atoms with Gasteiger partial charge in [-0.1, -0.05) is 18.5 Å². The monoisotopic (exact) mass is 491 g/mol. The summed E-state index contributed by atoms with van der Waals surface area (Å²) in [4.78, 5) is 12.2. The number of alkyl halides is 3. The first-order chi connectivity index (χ1) is 14.9. The van der Waals surface area contributed by atoms with Gasteiger partial charge < -0.3 is 4.74 Å². The zero-order valence-electron chi connectivity index (χ0n) is 17.2. The summed E-state index contributed by atoms with van der Waals surface area (Å²) >= 11 is 5.91. The number of amides is 1. The Bertz CT molecular complexity index is 1070. The van der Waals surface area contributed by atoms with E-state index in [1.54, 1.807) is 24.3 Å². The lowest BCUT2D eigenvalue weighted by atomic mass is 10.2. The number of hydrogen-bond acceptors (Lipinski definition) is 5. The fourth-order valence-corrected chi connectivity index (χ4v) is 3.61. The SMILES string of the molecule is CCCOc1ccc(/C=N\NC(=O)CN(c2cc(C(F)(F)F)ccc2Cl)S(C)(=O)=O)cc1. The topological polar surface area (TPSA) is 88.1 Å². The average Bonchev–Trinajstić information content (AvgIpc) is 2.70. The van der Waals surface area contributed by atoms with Crippen LogP contribution in [0.4, 0.5) is 18.9 Å². The third kappa shape index (κ3) is 7.41. The first-order valence-electron chi connectivity index (χ1n) is 9.31. The Morgan fingerprint density at radius 2 is 1.88 bits per heavy atom. The van der Waals surface area contributed by atoms with Gasteiger partial charge in [0, 0.05) is 0 Å². The third-order valence-corrected chi connectivity index (χ3v) is 5.43. The molecule has 7 nitrogen and oxygen atoms in total. The van der Waals surface area contributed by atoms with Gasteiger partial charge in [-0.2, -0.15) is 18.3 Å². The molecule has 0 heterocycles. The van der Waals surface area contributed by atoms with Crippen molar-refractivity contribution in [3.05, 3.63) is 58.6 Å². The number of ether oxygens (including phenoxy) is 1. The number of halogens is 4.